The van der Waals surface area contributed by atoms with Crippen LogP contribution < -0.4 is 0 Å². The van der Waals surface area contributed by atoms with Crippen LogP contribution in [0.2, 0.25) is 10.0 Å². The van der Waals surface area contributed by atoms with E-state index in [1.807, 2.05) is 31.2 Å². The molecule has 1 aromatic carbocycles. The van der Waals surface area contributed by atoms with Crippen molar-refractivity contribution >= 4 is 23.2 Å². The zero-order valence-electron chi connectivity index (χ0n) is 7.76. The molecular weight excluding hydrogens is 219 g/mol. The predicted octanol–water partition coefficient (Wildman–Crippen LogP) is 3.80. The molecule has 1 nitrogen and oxygen atoms in total. The third kappa shape index (κ3) is 1.68. The summed E-state index contributed by atoms with van der Waals surface area (Å²) >= 11 is 11.8. The van der Waals surface area contributed by atoms with Gasteiger partial charge >= 0.3 is 0 Å². The minimum Gasteiger partial charge on any atom is -0.362 e. The second kappa shape index (κ2) is 3.58. The van der Waals surface area contributed by atoms with E-state index >= 15 is 0 Å². The summed E-state index contributed by atoms with van der Waals surface area (Å²) in [5.41, 5.74) is 0.675. The number of hydrogen-bond acceptors (Lipinski definition) is 1. The van der Waals surface area contributed by atoms with Gasteiger partial charge in [-0.15, -0.1) is 0 Å². The maximum absolute atomic E-state index is 5.94. The van der Waals surface area contributed by atoms with Gasteiger partial charge in [-0.2, -0.15) is 0 Å². The van der Waals surface area contributed by atoms with Crippen LogP contribution in [0.3, 0.4) is 0 Å². The molecule has 0 aromatic heterocycles. The quantitative estimate of drug-likeness (QED) is 0.665. The maximum Gasteiger partial charge on any atom is 0.109 e. The van der Waals surface area contributed by atoms with E-state index < -0.39 is 0 Å². The lowest BCUT2D eigenvalue weighted by atomic mass is 9.96. The molecule has 0 bridgehead atoms. The fourth-order valence-corrected chi connectivity index (χ4v) is 1.82. The Morgan fingerprint density at radius 3 is 2.64 bits per heavy atom. The fraction of sp³-hybridized carbons (Fsp3) is 0.273. The third-order valence-corrected chi connectivity index (χ3v) is 3.15. The zero-order chi connectivity index (χ0) is 10.2. The highest BCUT2D eigenvalue weighted by molar-refractivity contribution is 6.42. The molecule has 0 fully saturated rings. The molecule has 0 spiro atoms. The lowest BCUT2D eigenvalue weighted by Crippen LogP contribution is -2.19. The number of rotatable bonds is 1. The Morgan fingerprint density at radius 1 is 1.29 bits per heavy atom. The molecule has 0 amide bonds. The Hall–Kier alpha value is -0.500. The van der Waals surface area contributed by atoms with Crippen molar-refractivity contribution in [3.63, 3.8) is 0 Å². The summed E-state index contributed by atoms with van der Waals surface area (Å²) in [5.74, 6) is 0. The Labute approximate surface area is 93.3 Å². The summed E-state index contributed by atoms with van der Waals surface area (Å²) in [6, 6.07) is 5.57. The molecule has 0 saturated heterocycles. The molecule has 0 N–H and O–H groups in total. The molecule has 0 aliphatic carbocycles. The summed E-state index contributed by atoms with van der Waals surface area (Å²) in [6.45, 7) is 2.66. The molecule has 0 saturated carbocycles. The highest BCUT2D eigenvalue weighted by Gasteiger charge is 2.27. The largest absolute Gasteiger partial charge is 0.362 e. The summed E-state index contributed by atoms with van der Waals surface area (Å²) in [5, 5.41) is 1.13. The van der Waals surface area contributed by atoms with E-state index in [1.54, 1.807) is 6.07 Å². The van der Waals surface area contributed by atoms with E-state index in [1.165, 1.54) is 0 Å². The Balaban J connectivity index is 2.42. The van der Waals surface area contributed by atoms with Gasteiger partial charge in [0.15, 0.2) is 0 Å². The number of benzene rings is 1. The Morgan fingerprint density at radius 2 is 2.07 bits per heavy atom. The molecule has 1 heterocycles. The van der Waals surface area contributed by atoms with Crippen LogP contribution >= 0.6 is 23.2 Å². The molecule has 74 valence electrons. The molecule has 1 aromatic rings. The minimum atomic E-state index is -0.353. The van der Waals surface area contributed by atoms with Gasteiger partial charge in [-0.25, -0.2) is 0 Å². The summed E-state index contributed by atoms with van der Waals surface area (Å²) in [6.07, 6.45) is 4.04. The van der Waals surface area contributed by atoms with Crippen LogP contribution in [-0.2, 0) is 10.3 Å². The Bertz CT molecular complexity index is 387. The van der Waals surface area contributed by atoms with E-state index in [0.29, 0.717) is 16.7 Å². The van der Waals surface area contributed by atoms with Gasteiger partial charge in [-0.3, -0.25) is 0 Å². The van der Waals surface area contributed by atoms with Crippen LogP contribution in [0.4, 0.5) is 0 Å². The number of hydrogen-bond donors (Lipinski definition) is 0. The van der Waals surface area contributed by atoms with Gasteiger partial charge < -0.3 is 4.74 Å². The van der Waals surface area contributed by atoms with Crippen LogP contribution in [0.25, 0.3) is 0 Å². The van der Waals surface area contributed by atoms with Gasteiger partial charge in [0.2, 0.25) is 0 Å². The second-order valence-electron chi connectivity index (χ2n) is 3.45. The molecular formula is C11H10Cl2O. The van der Waals surface area contributed by atoms with E-state index in [-0.39, 0.29) is 5.60 Å². The number of ether oxygens (including phenoxy) is 1. The topological polar surface area (TPSA) is 9.23 Å². The van der Waals surface area contributed by atoms with Crippen molar-refractivity contribution in [1.29, 1.82) is 0 Å². The van der Waals surface area contributed by atoms with E-state index in [0.717, 1.165) is 5.56 Å². The molecule has 3 heteroatoms. The van der Waals surface area contributed by atoms with E-state index in [4.69, 9.17) is 27.9 Å². The van der Waals surface area contributed by atoms with Crippen molar-refractivity contribution < 1.29 is 4.74 Å². The SMILES string of the molecule is CC1(c2ccc(Cl)c(Cl)c2)C=CCO1. The third-order valence-electron chi connectivity index (χ3n) is 2.41. The van der Waals surface area contributed by atoms with Crippen molar-refractivity contribution in [1.82, 2.24) is 0 Å². The zero-order valence-corrected chi connectivity index (χ0v) is 9.27. The van der Waals surface area contributed by atoms with E-state index in [9.17, 15) is 0 Å². The van der Waals surface area contributed by atoms with Crippen LogP contribution in [0.1, 0.15) is 12.5 Å². The van der Waals surface area contributed by atoms with Crippen LogP contribution in [0, 0.1) is 0 Å². The highest BCUT2D eigenvalue weighted by Crippen LogP contribution is 2.34. The summed E-state index contributed by atoms with van der Waals surface area (Å²) < 4.78 is 5.61. The van der Waals surface area contributed by atoms with Gasteiger partial charge in [-0.05, 0) is 24.6 Å². The first-order valence-electron chi connectivity index (χ1n) is 4.39. The smallest absolute Gasteiger partial charge is 0.109 e. The van der Waals surface area contributed by atoms with Crippen LogP contribution in [0.5, 0.6) is 0 Å². The van der Waals surface area contributed by atoms with Gasteiger partial charge in [-0.1, -0.05) is 41.4 Å². The molecule has 1 atom stereocenters. The second-order valence-corrected chi connectivity index (χ2v) is 4.26. The molecule has 1 aliphatic heterocycles. The first kappa shape index (κ1) is 10.0. The fourth-order valence-electron chi connectivity index (χ4n) is 1.53. The van der Waals surface area contributed by atoms with Gasteiger partial charge in [0.1, 0.15) is 5.60 Å². The normalized spacial score (nSPS) is 25.6. The van der Waals surface area contributed by atoms with Crippen molar-refractivity contribution in [3.8, 4) is 0 Å². The summed E-state index contributed by atoms with van der Waals surface area (Å²) in [4.78, 5) is 0. The van der Waals surface area contributed by atoms with Crippen molar-refractivity contribution in [2.45, 2.75) is 12.5 Å². The van der Waals surface area contributed by atoms with Crippen molar-refractivity contribution in [2.24, 2.45) is 0 Å². The maximum atomic E-state index is 5.94. The Kier molecular flexibility index (Phi) is 2.56. The summed E-state index contributed by atoms with van der Waals surface area (Å²) in [7, 11) is 0. The first-order valence-corrected chi connectivity index (χ1v) is 5.14. The molecule has 1 aliphatic rings. The standard InChI is InChI=1S/C11H10Cl2O/c1-11(5-2-6-14-11)8-3-4-9(12)10(13)7-8/h2-5,7H,6H2,1H3. The van der Waals surface area contributed by atoms with Crippen molar-refractivity contribution in [2.75, 3.05) is 6.61 Å². The van der Waals surface area contributed by atoms with Gasteiger partial charge in [0, 0.05) is 0 Å². The average Bonchev–Trinajstić information content (AvgIpc) is 2.58. The monoisotopic (exact) mass is 228 g/mol. The highest BCUT2D eigenvalue weighted by atomic mass is 35.5. The average molecular weight is 229 g/mol. The lowest BCUT2D eigenvalue weighted by Gasteiger charge is -2.22. The minimum absolute atomic E-state index is 0.353. The molecule has 14 heavy (non-hydrogen) atoms. The van der Waals surface area contributed by atoms with Crippen LogP contribution in [-0.4, -0.2) is 6.61 Å². The lowest BCUT2D eigenvalue weighted by molar-refractivity contribution is 0.0390. The number of halogens is 2. The van der Waals surface area contributed by atoms with Gasteiger partial charge in [0.05, 0.1) is 16.7 Å². The molecule has 0 radical (unpaired) electrons. The van der Waals surface area contributed by atoms with Crippen molar-refractivity contribution in [3.05, 3.63) is 46.0 Å². The predicted molar refractivity (Wildman–Crippen MR) is 58.9 cm³/mol. The van der Waals surface area contributed by atoms with Crippen LogP contribution in [0.15, 0.2) is 30.4 Å². The van der Waals surface area contributed by atoms with E-state index in [2.05, 4.69) is 0 Å². The van der Waals surface area contributed by atoms with Gasteiger partial charge in [0.25, 0.3) is 0 Å². The first-order chi connectivity index (χ1) is 6.62. The molecule has 2 rings (SSSR count). The molecule has 1 unspecified atom stereocenters.